The standard InChI is InChI=1S/C15H23NO/c1-3-12(4-2)9-15(16)10-13-7-5-6-8-14(13)17-11-15/h5-8,12H,3-4,9-11,16H2,1-2H3. The number of ether oxygens (including phenoxy) is 1. The summed E-state index contributed by atoms with van der Waals surface area (Å²) in [5.74, 6) is 1.73. The highest BCUT2D eigenvalue weighted by molar-refractivity contribution is 5.36. The van der Waals surface area contributed by atoms with Crippen LogP contribution in [0.25, 0.3) is 0 Å². The van der Waals surface area contributed by atoms with Crippen molar-refractivity contribution in [1.82, 2.24) is 0 Å². The second kappa shape index (κ2) is 5.09. The first-order valence-corrected chi connectivity index (χ1v) is 6.66. The van der Waals surface area contributed by atoms with Crippen molar-refractivity contribution in [2.75, 3.05) is 6.61 Å². The van der Waals surface area contributed by atoms with E-state index < -0.39 is 0 Å². The minimum Gasteiger partial charge on any atom is -0.491 e. The normalized spacial score (nSPS) is 23.3. The number of rotatable bonds is 4. The van der Waals surface area contributed by atoms with E-state index in [1.54, 1.807) is 0 Å². The molecule has 2 rings (SSSR count). The molecule has 0 bridgehead atoms. The fourth-order valence-corrected chi connectivity index (χ4v) is 2.73. The van der Waals surface area contributed by atoms with Gasteiger partial charge >= 0.3 is 0 Å². The Labute approximate surface area is 104 Å². The van der Waals surface area contributed by atoms with Crippen LogP contribution in [0.1, 0.15) is 38.7 Å². The zero-order valence-corrected chi connectivity index (χ0v) is 10.9. The molecule has 2 nitrogen and oxygen atoms in total. The van der Waals surface area contributed by atoms with E-state index in [1.165, 1.54) is 18.4 Å². The van der Waals surface area contributed by atoms with E-state index in [0.29, 0.717) is 12.5 Å². The molecule has 0 saturated carbocycles. The van der Waals surface area contributed by atoms with Crippen molar-refractivity contribution >= 4 is 0 Å². The Morgan fingerprint density at radius 1 is 1.29 bits per heavy atom. The summed E-state index contributed by atoms with van der Waals surface area (Å²) in [6.45, 7) is 5.14. The lowest BCUT2D eigenvalue weighted by Crippen LogP contribution is -2.51. The second-order valence-corrected chi connectivity index (χ2v) is 5.32. The molecule has 2 heteroatoms. The molecule has 0 saturated heterocycles. The number of hydrogen-bond donors (Lipinski definition) is 1. The van der Waals surface area contributed by atoms with Crippen LogP contribution >= 0.6 is 0 Å². The molecule has 0 spiro atoms. The van der Waals surface area contributed by atoms with E-state index in [9.17, 15) is 0 Å². The topological polar surface area (TPSA) is 35.2 Å². The maximum absolute atomic E-state index is 6.50. The fourth-order valence-electron chi connectivity index (χ4n) is 2.73. The van der Waals surface area contributed by atoms with Crippen molar-refractivity contribution in [1.29, 1.82) is 0 Å². The zero-order chi connectivity index (χ0) is 12.3. The Bertz CT molecular complexity index is 373. The number of para-hydroxylation sites is 1. The van der Waals surface area contributed by atoms with E-state index in [2.05, 4.69) is 26.0 Å². The van der Waals surface area contributed by atoms with Gasteiger partial charge in [0, 0.05) is 0 Å². The van der Waals surface area contributed by atoms with Crippen LogP contribution < -0.4 is 10.5 Å². The molecule has 1 unspecified atom stereocenters. The molecule has 0 aliphatic carbocycles. The SMILES string of the molecule is CCC(CC)CC1(N)COc2ccccc2C1. The molecule has 17 heavy (non-hydrogen) atoms. The minimum atomic E-state index is -0.176. The Kier molecular flexibility index (Phi) is 3.72. The van der Waals surface area contributed by atoms with E-state index >= 15 is 0 Å². The number of benzene rings is 1. The summed E-state index contributed by atoms with van der Waals surface area (Å²) >= 11 is 0. The fraction of sp³-hybridized carbons (Fsp3) is 0.600. The van der Waals surface area contributed by atoms with Crippen LogP contribution in [0.15, 0.2) is 24.3 Å². The molecule has 1 aromatic carbocycles. The van der Waals surface area contributed by atoms with Gasteiger partial charge in [-0.2, -0.15) is 0 Å². The summed E-state index contributed by atoms with van der Waals surface area (Å²) in [7, 11) is 0. The molecular formula is C15H23NO. The lowest BCUT2D eigenvalue weighted by Gasteiger charge is -2.37. The van der Waals surface area contributed by atoms with Crippen LogP contribution in [0.2, 0.25) is 0 Å². The molecule has 1 aromatic rings. The number of nitrogens with two attached hydrogens (primary N) is 1. The van der Waals surface area contributed by atoms with Crippen LogP contribution in [-0.2, 0) is 6.42 Å². The third-order valence-corrected chi connectivity index (χ3v) is 3.88. The molecule has 0 aromatic heterocycles. The molecule has 0 radical (unpaired) electrons. The van der Waals surface area contributed by atoms with Crippen molar-refractivity contribution in [3.05, 3.63) is 29.8 Å². The lowest BCUT2D eigenvalue weighted by atomic mass is 9.80. The number of hydrogen-bond acceptors (Lipinski definition) is 2. The van der Waals surface area contributed by atoms with Gasteiger partial charge in [-0.15, -0.1) is 0 Å². The molecule has 0 amide bonds. The van der Waals surface area contributed by atoms with Gasteiger partial charge in [-0.1, -0.05) is 44.9 Å². The predicted octanol–water partition coefficient (Wildman–Crippen LogP) is 3.15. The van der Waals surface area contributed by atoms with Crippen molar-refractivity contribution < 1.29 is 4.74 Å². The summed E-state index contributed by atoms with van der Waals surface area (Å²) < 4.78 is 5.80. The van der Waals surface area contributed by atoms with Crippen molar-refractivity contribution in [2.45, 2.75) is 45.1 Å². The predicted molar refractivity (Wildman–Crippen MR) is 71.2 cm³/mol. The van der Waals surface area contributed by atoms with Crippen LogP contribution in [0, 0.1) is 5.92 Å². The minimum absolute atomic E-state index is 0.176. The van der Waals surface area contributed by atoms with Crippen molar-refractivity contribution in [2.24, 2.45) is 11.7 Å². The van der Waals surface area contributed by atoms with E-state index in [1.807, 2.05) is 12.1 Å². The quantitative estimate of drug-likeness (QED) is 0.867. The first-order chi connectivity index (χ1) is 8.17. The first-order valence-electron chi connectivity index (χ1n) is 6.66. The number of fused-ring (bicyclic) bond motifs is 1. The second-order valence-electron chi connectivity index (χ2n) is 5.32. The van der Waals surface area contributed by atoms with Gasteiger partial charge in [-0.05, 0) is 30.4 Å². The van der Waals surface area contributed by atoms with Gasteiger partial charge in [0.25, 0.3) is 0 Å². The summed E-state index contributed by atoms with van der Waals surface area (Å²) in [5.41, 5.74) is 7.58. The van der Waals surface area contributed by atoms with Crippen molar-refractivity contribution in [3.63, 3.8) is 0 Å². The molecule has 1 heterocycles. The average Bonchev–Trinajstić information content (AvgIpc) is 2.36. The third kappa shape index (κ3) is 2.81. The van der Waals surface area contributed by atoms with E-state index in [4.69, 9.17) is 10.5 Å². The Hall–Kier alpha value is -1.02. The van der Waals surface area contributed by atoms with Gasteiger partial charge in [0.2, 0.25) is 0 Å². The summed E-state index contributed by atoms with van der Waals surface area (Å²) in [5, 5.41) is 0. The van der Waals surface area contributed by atoms with E-state index in [0.717, 1.165) is 18.6 Å². The Morgan fingerprint density at radius 3 is 2.71 bits per heavy atom. The molecule has 1 atom stereocenters. The Balaban J connectivity index is 2.09. The van der Waals surface area contributed by atoms with Crippen molar-refractivity contribution in [3.8, 4) is 5.75 Å². The molecule has 94 valence electrons. The summed E-state index contributed by atoms with van der Waals surface area (Å²) in [6, 6.07) is 8.24. The summed E-state index contributed by atoms with van der Waals surface area (Å²) in [6.07, 6.45) is 4.42. The highest BCUT2D eigenvalue weighted by Gasteiger charge is 2.33. The highest BCUT2D eigenvalue weighted by atomic mass is 16.5. The third-order valence-electron chi connectivity index (χ3n) is 3.88. The molecule has 0 fully saturated rings. The van der Waals surface area contributed by atoms with Gasteiger partial charge in [-0.3, -0.25) is 0 Å². The first kappa shape index (κ1) is 12.4. The smallest absolute Gasteiger partial charge is 0.122 e. The average molecular weight is 233 g/mol. The molecule has 2 N–H and O–H groups in total. The van der Waals surface area contributed by atoms with E-state index in [-0.39, 0.29) is 5.54 Å². The van der Waals surface area contributed by atoms with Crippen LogP contribution in [0.4, 0.5) is 0 Å². The maximum Gasteiger partial charge on any atom is 0.122 e. The largest absolute Gasteiger partial charge is 0.491 e. The lowest BCUT2D eigenvalue weighted by molar-refractivity contribution is 0.160. The van der Waals surface area contributed by atoms with Gasteiger partial charge < -0.3 is 10.5 Å². The van der Waals surface area contributed by atoms with Crippen LogP contribution in [0.5, 0.6) is 5.75 Å². The van der Waals surface area contributed by atoms with Gasteiger partial charge in [0.15, 0.2) is 0 Å². The van der Waals surface area contributed by atoms with Crippen LogP contribution in [0.3, 0.4) is 0 Å². The molecular weight excluding hydrogens is 210 g/mol. The van der Waals surface area contributed by atoms with Crippen LogP contribution in [-0.4, -0.2) is 12.1 Å². The monoisotopic (exact) mass is 233 g/mol. The highest BCUT2D eigenvalue weighted by Crippen LogP contribution is 2.32. The molecule has 1 aliphatic heterocycles. The zero-order valence-electron chi connectivity index (χ0n) is 10.9. The molecule has 1 aliphatic rings. The van der Waals surface area contributed by atoms with Gasteiger partial charge in [-0.25, -0.2) is 0 Å². The van der Waals surface area contributed by atoms with Gasteiger partial charge in [0.1, 0.15) is 12.4 Å². The maximum atomic E-state index is 6.50. The Morgan fingerprint density at radius 2 is 2.00 bits per heavy atom. The summed E-state index contributed by atoms with van der Waals surface area (Å²) in [4.78, 5) is 0. The van der Waals surface area contributed by atoms with Gasteiger partial charge in [0.05, 0.1) is 5.54 Å².